The van der Waals surface area contributed by atoms with Gasteiger partial charge >= 0.3 is 5.97 Å². The van der Waals surface area contributed by atoms with Gasteiger partial charge in [0.05, 0.1) is 18.5 Å². The van der Waals surface area contributed by atoms with Crippen LogP contribution in [0.2, 0.25) is 0 Å². The summed E-state index contributed by atoms with van der Waals surface area (Å²) in [4.78, 5) is 15.3. The molecule has 13 heteroatoms. The molecule has 0 spiro atoms. The van der Waals surface area contributed by atoms with E-state index >= 15 is 0 Å². The monoisotopic (exact) mass is 442 g/mol. The first kappa shape index (κ1) is 21.0. The molecule has 0 saturated heterocycles. The van der Waals surface area contributed by atoms with Crippen LogP contribution in [0.1, 0.15) is 34.0 Å². The van der Waals surface area contributed by atoms with Crippen LogP contribution in [-0.4, -0.2) is 53.0 Å². The molecule has 0 atom stereocenters. The Morgan fingerprint density at radius 2 is 1.88 bits per heavy atom. The molecule has 32 heavy (non-hydrogen) atoms. The number of aromatic nitrogens is 8. The van der Waals surface area contributed by atoms with Gasteiger partial charge in [0.1, 0.15) is 18.6 Å². The van der Waals surface area contributed by atoms with Gasteiger partial charge in [0.2, 0.25) is 5.88 Å². The Labute approximate surface area is 179 Å². The third-order valence-electron chi connectivity index (χ3n) is 4.42. The second-order valence-corrected chi connectivity index (χ2v) is 6.45. The van der Waals surface area contributed by atoms with Gasteiger partial charge in [0, 0.05) is 11.6 Å². The molecule has 0 aliphatic carbocycles. The van der Waals surface area contributed by atoms with Crippen LogP contribution < -0.4 is 4.74 Å². The van der Waals surface area contributed by atoms with E-state index in [1.165, 1.54) is 47.1 Å². The van der Waals surface area contributed by atoms with Crippen molar-refractivity contribution in [1.29, 1.82) is 0 Å². The largest absolute Gasteiger partial charge is 0.470 e. The molecule has 0 unspecified atom stereocenters. The van der Waals surface area contributed by atoms with E-state index in [4.69, 9.17) is 4.74 Å². The van der Waals surface area contributed by atoms with Crippen molar-refractivity contribution in [2.75, 3.05) is 7.11 Å². The molecule has 1 aromatic carbocycles. The van der Waals surface area contributed by atoms with Crippen LogP contribution >= 0.6 is 0 Å². The Morgan fingerprint density at radius 1 is 1.09 bits per heavy atom. The fourth-order valence-corrected chi connectivity index (χ4v) is 2.72. The normalized spacial score (nSPS) is 11.0. The zero-order chi connectivity index (χ0) is 22.7. The predicted molar refractivity (Wildman–Crippen MR) is 104 cm³/mol. The summed E-state index contributed by atoms with van der Waals surface area (Å²) in [6.07, 6.45) is -1.24. The number of alkyl halides is 2. The summed E-state index contributed by atoms with van der Waals surface area (Å²) in [6.45, 7) is 1.83. The molecular weight excluding hydrogens is 426 g/mol. The molecule has 4 aromatic rings. The minimum atomic E-state index is -2.55. The van der Waals surface area contributed by atoms with Gasteiger partial charge in [-0.2, -0.15) is 4.68 Å². The summed E-state index contributed by atoms with van der Waals surface area (Å²) in [5.74, 6) is -0.224. The predicted octanol–water partition coefficient (Wildman–Crippen LogP) is 2.25. The Hall–Kier alpha value is -4.29. The molecule has 0 radical (unpaired) electrons. The molecule has 0 aliphatic heterocycles. The molecule has 11 nitrogen and oxygen atoms in total. The van der Waals surface area contributed by atoms with Crippen LogP contribution in [0.3, 0.4) is 0 Å². The molecule has 4 rings (SSSR count). The lowest BCUT2D eigenvalue weighted by Gasteiger charge is -2.09. The van der Waals surface area contributed by atoms with E-state index in [1.807, 2.05) is 0 Å². The highest BCUT2D eigenvalue weighted by molar-refractivity contribution is 5.84. The highest BCUT2D eigenvalue weighted by Crippen LogP contribution is 2.21. The van der Waals surface area contributed by atoms with Crippen molar-refractivity contribution in [2.24, 2.45) is 0 Å². The third kappa shape index (κ3) is 4.26. The molecule has 0 N–H and O–H groups in total. The van der Waals surface area contributed by atoms with Gasteiger partial charge in [-0.3, -0.25) is 0 Å². The molecule has 0 fully saturated rings. The number of rotatable bonds is 7. The molecule has 3 aromatic heterocycles. The summed E-state index contributed by atoms with van der Waals surface area (Å²) in [6, 6.07) is 8.90. The van der Waals surface area contributed by atoms with E-state index in [2.05, 4.69) is 35.3 Å². The molecule has 164 valence electrons. The lowest BCUT2D eigenvalue weighted by Crippen LogP contribution is -2.09. The number of esters is 1. The van der Waals surface area contributed by atoms with Crippen LogP contribution in [0.5, 0.6) is 5.88 Å². The summed E-state index contributed by atoms with van der Waals surface area (Å²) in [5, 5.41) is 20.0. The average Bonchev–Trinajstić information content (AvgIpc) is 3.45. The molecule has 0 saturated carbocycles. The smallest absolute Gasteiger partial charge is 0.377 e. The first-order valence-electron chi connectivity index (χ1n) is 9.23. The SMILES string of the molecule is COC(=O)c1ncn(-c2ccc(OCc3c(C)nnn3-c3ccc(C(F)F)cc3)nn2)n1. The number of benzene rings is 1. The van der Waals surface area contributed by atoms with E-state index in [9.17, 15) is 13.6 Å². The standard InChI is InChI=1S/C19H16F2N8O3/c1-11-14(29(27-23-11)13-5-3-12(4-6-13)17(20)21)9-32-16-8-7-15(24-25-16)28-10-22-18(26-28)19(30)31-2/h3-8,10,17H,9H2,1-2H3. The number of nitrogens with zero attached hydrogens (tertiary/aromatic N) is 8. The van der Waals surface area contributed by atoms with Gasteiger partial charge in [-0.05, 0) is 25.1 Å². The Kier molecular flexibility index (Phi) is 5.79. The van der Waals surface area contributed by atoms with Crippen molar-refractivity contribution in [3.05, 3.63) is 65.5 Å². The topological polar surface area (TPSA) is 123 Å². The fraction of sp³-hybridized carbons (Fsp3) is 0.211. The van der Waals surface area contributed by atoms with Crippen LogP contribution in [0, 0.1) is 6.92 Å². The van der Waals surface area contributed by atoms with Crippen LogP contribution in [0.15, 0.2) is 42.7 Å². The van der Waals surface area contributed by atoms with E-state index in [0.29, 0.717) is 22.9 Å². The lowest BCUT2D eigenvalue weighted by molar-refractivity contribution is 0.0587. The fourth-order valence-electron chi connectivity index (χ4n) is 2.72. The molecule has 0 aliphatic rings. The third-order valence-corrected chi connectivity index (χ3v) is 4.42. The van der Waals surface area contributed by atoms with Crippen molar-refractivity contribution in [2.45, 2.75) is 20.0 Å². The van der Waals surface area contributed by atoms with Crippen molar-refractivity contribution in [3.8, 4) is 17.4 Å². The number of carbonyl (C=O) groups excluding carboxylic acids is 1. The highest BCUT2D eigenvalue weighted by atomic mass is 19.3. The van der Waals surface area contributed by atoms with Gasteiger partial charge in [0.15, 0.2) is 5.82 Å². The summed E-state index contributed by atoms with van der Waals surface area (Å²) in [5.41, 5.74) is 1.73. The quantitative estimate of drug-likeness (QED) is 0.397. The zero-order valence-electron chi connectivity index (χ0n) is 16.9. The number of aryl methyl sites for hydroxylation is 1. The van der Waals surface area contributed by atoms with E-state index < -0.39 is 12.4 Å². The van der Waals surface area contributed by atoms with Crippen molar-refractivity contribution in [1.82, 2.24) is 40.0 Å². The maximum atomic E-state index is 12.8. The summed E-state index contributed by atoms with van der Waals surface area (Å²) < 4.78 is 38.6. The lowest BCUT2D eigenvalue weighted by atomic mass is 10.2. The number of ether oxygens (including phenoxy) is 2. The van der Waals surface area contributed by atoms with Gasteiger partial charge in [-0.25, -0.2) is 23.2 Å². The Morgan fingerprint density at radius 3 is 2.53 bits per heavy atom. The van der Waals surface area contributed by atoms with Crippen molar-refractivity contribution < 1.29 is 23.0 Å². The van der Waals surface area contributed by atoms with Crippen LogP contribution in [0.4, 0.5) is 8.78 Å². The maximum absolute atomic E-state index is 12.8. The molecular formula is C19H16F2N8O3. The number of hydrogen-bond acceptors (Lipinski definition) is 9. The zero-order valence-corrected chi connectivity index (χ0v) is 16.9. The minimum Gasteiger partial charge on any atom is -0.470 e. The molecule has 0 bridgehead atoms. The molecule has 3 heterocycles. The van der Waals surface area contributed by atoms with Gasteiger partial charge < -0.3 is 9.47 Å². The van der Waals surface area contributed by atoms with Crippen molar-refractivity contribution in [3.63, 3.8) is 0 Å². The van der Waals surface area contributed by atoms with Crippen LogP contribution in [-0.2, 0) is 11.3 Å². The number of hydrogen-bond donors (Lipinski definition) is 0. The van der Waals surface area contributed by atoms with Gasteiger partial charge in [0.25, 0.3) is 12.2 Å². The second-order valence-electron chi connectivity index (χ2n) is 6.45. The van der Waals surface area contributed by atoms with Gasteiger partial charge in [-0.1, -0.05) is 17.3 Å². The second kappa shape index (κ2) is 8.83. The number of carbonyl (C=O) groups is 1. The van der Waals surface area contributed by atoms with Crippen LogP contribution in [0.25, 0.3) is 11.5 Å². The first-order chi connectivity index (χ1) is 15.5. The summed E-state index contributed by atoms with van der Waals surface area (Å²) >= 11 is 0. The van der Waals surface area contributed by atoms with E-state index in [0.717, 1.165) is 0 Å². The summed E-state index contributed by atoms with van der Waals surface area (Å²) in [7, 11) is 1.23. The number of halogens is 2. The Balaban J connectivity index is 1.47. The highest BCUT2D eigenvalue weighted by Gasteiger charge is 2.15. The first-order valence-corrected chi connectivity index (χ1v) is 9.23. The minimum absolute atomic E-state index is 0.0687. The number of methoxy groups -OCH3 is 1. The van der Waals surface area contributed by atoms with Gasteiger partial charge in [-0.15, -0.1) is 20.4 Å². The molecule has 0 amide bonds. The van der Waals surface area contributed by atoms with E-state index in [-0.39, 0.29) is 23.9 Å². The van der Waals surface area contributed by atoms with Crippen molar-refractivity contribution >= 4 is 5.97 Å². The maximum Gasteiger partial charge on any atom is 0.377 e. The van der Waals surface area contributed by atoms with E-state index in [1.54, 1.807) is 19.1 Å². The average molecular weight is 442 g/mol. The Bertz CT molecular complexity index is 1220.